The molecule has 0 bridgehead atoms. The molecule has 0 spiro atoms. The summed E-state index contributed by atoms with van der Waals surface area (Å²) in [6.45, 7) is 0. The topological polar surface area (TPSA) is 43.1 Å². The summed E-state index contributed by atoms with van der Waals surface area (Å²) in [6, 6.07) is 8.24. The molecule has 3 nitrogen and oxygen atoms in total. The second kappa shape index (κ2) is 5.71. The molecule has 0 N–H and O–H groups in total. The minimum Gasteiger partial charge on any atom is -0.264 e. The molecule has 0 radical (unpaired) electrons. The fourth-order valence-corrected chi connectivity index (χ4v) is 1.91. The van der Waals surface area contributed by atoms with E-state index in [0.29, 0.717) is 0 Å². The number of hydrogen-bond donors (Lipinski definition) is 0. The van der Waals surface area contributed by atoms with Crippen molar-refractivity contribution >= 4 is 34.8 Å². The number of hydrogen-bond acceptors (Lipinski definition) is 2. The van der Waals surface area contributed by atoms with E-state index < -0.39 is 14.8 Å². The predicted octanol–water partition coefficient (Wildman–Crippen LogP) is 3.63. The van der Waals surface area contributed by atoms with Crippen LogP contribution in [0.5, 0.6) is 0 Å². The second-order valence-corrected chi connectivity index (χ2v) is 5.96. The minimum atomic E-state index is -1.59. The summed E-state index contributed by atoms with van der Waals surface area (Å²) in [5.41, 5.74) is 0.860. The van der Waals surface area contributed by atoms with Crippen LogP contribution in [0.3, 0.4) is 0 Å². The first-order chi connectivity index (χ1) is 7.38. The first-order valence-electron chi connectivity index (χ1n) is 4.62. The Hall–Kier alpha value is -0.510. The number of nitrogens with zero attached hydrogens (tertiary/aromatic N) is 1. The van der Waals surface area contributed by atoms with Gasteiger partial charge in [0.2, 0.25) is 6.04 Å². The second-order valence-electron chi connectivity index (χ2n) is 3.45. The zero-order valence-electron chi connectivity index (χ0n) is 8.28. The Morgan fingerprint density at radius 2 is 1.81 bits per heavy atom. The molecule has 88 valence electrons. The highest BCUT2D eigenvalue weighted by Gasteiger charge is 2.32. The highest BCUT2D eigenvalue weighted by atomic mass is 35.6. The molecular formula is C10H10Cl3NO2. The Kier molecular flexibility index (Phi) is 4.84. The molecule has 1 unspecified atom stereocenters. The highest BCUT2D eigenvalue weighted by Crippen LogP contribution is 2.32. The molecule has 6 heteroatoms. The van der Waals surface area contributed by atoms with Crippen molar-refractivity contribution in [3.05, 3.63) is 46.0 Å². The van der Waals surface area contributed by atoms with E-state index in [9.17, 15) is 10.1 Å². The van der Waals surface area contributed by atoms with Crippen LogP contribution < -0.4 is 0 Å². The molecule has 0 aromatic heterocycles. The van der Waals surface area contributed by atoms with Gasteiger partial charge in [0.15, 0.2) is 3.79 Å². The van der Waals surface area contributed by atoms with Gasteiger partial charge >= 0.3 is 0 Å². The zero-order chi connectivity index (χ0) is 12.2. The standard InChI is InChI=1S/C10H10Cl3NO2/c11-10(12,13)7-9(14(15)16)6-8-4-2-1-3-5-8/h1-5,9H,6-7H2. The number of halogens is 3. The summed E-state index contributed by atoms with van der Waals surface area (Å²) in [7, 11) is 0. The summed E-state index contributed by atoms with van der Waals surface area (Å²) >= 11 is 16.7. The zero-order valence-corrected chi connectivity index (χ0v) is 10.5. The smallest absolute Gasteiger partial charge is 0.221 e. The molecule has 0 heterocycles. The van der Waals surface area contributed by atoms with Crippen LogP contribution in [-0.2, 0) is 6.42 Å². The Balaban J connectivity index is 2.70. The monoisotopic (exact) mass is 281 g/mol. The lowest BCUT2D eigenvalue weighted by Crippen LogP contribution is -2.27. The quantitative estimate of drug-likeness (QED) is 0.481. The van der Waals surface area contributed by atoms with E-state index >= 15 is 0 Å². The molecule has 0 amide bonds. The first kappa shape index (κ1) is 13.6. The molecule has 0 aliphatic heterocycles. The van der Waals surface area contributed by atoms with Crippen LogP contribution >= 0.6 is 34.8 Å². The summed E-state index contributed by atoms with van der Waals surface area (Å²) in [4.78, 5) is 10.4. The van der Waals surface area contributed by atoms with Crippen LogP contribution in [0.1, 0.15) is 12.0 Å². The van der Waals surface area contributed by atoms with E-state index in [4.69, 9.17) is 34.8 Å². The van der Waals surface area contributed by atoms with Crippen molar-refractivity contribution in [2.45, 2.75) is 22.7 Å². The van der Waals surface area contributed by atoms with Gasteiger partial charge in [0.25, 0.3) is 0 Å². The molecule has 0 aliphatic carbocycles. The van der Waals surface area contributed by atoms with Gasteiger partial charge in [-0.25, -0.2) is 0 Å². The van der Waals surface area contributed by atoms with Gasteiger partial charge in [-0.05, 0) is 5.56 Å². The minimum absolute atomic E-state index is 0.0977. The molecule has 16 heavy (non-hydrogen) atoms. The predicted molar refractivity (Wildman–Crippen MR) is 65.8 cm³/mol. The molecular weight excluding hydrogens is 272 g/mol. The van der Waals surface area contributed by atoms with Gasteiger partial charge in [-0.3, -0.25) is 10.1 Å². The lowest BCUT2D eigenvalue weighted by atomic mass is 10.0. The largest absolute Gasteiger partial charge is 0.264 e. The lowest BCUT2D eigenvalue weighted by Gasteiger charge is -2.14. The van der Waals surface area contributed by atoms with E-state index in [1.165, 1.54) is 0 Å². The van der Waals surface area contributed by atoms with Crippen LogP contribution in [0.15, 0.2) is 30.3 Å². The molecule has 1 aromatic rings. The fourth-order valence-electron chi connectivity index (χ4n) is 1.37. The molecule has 1 rings (SSSR count). The van der Waals surface area contributed by atoms with Crippen LogP contribution in [0.4, 0.5) is 0 Å². The molecule has 1 atom stereocenters. The van der Waals surface area contributed by atoms with E-state index in [0.717, 1.165) is 5.56 Å². The molecule has 1 aromatic carbocycles. The number of benzene rings is 1. The normalized spacial score (nSPS) is 13.4. The van der Waals surface area contributed by atoms with Gasteiger partial charge in [0, 0.05) is 11.3 Å². The first-order valence-corrected chi connectivity index (χ1v) is 5.76. The van der Waals surface area contributed by atoms with Crippen molar-refractivity contribution in [1.29, 1.82) is 0 Å². The van der Waals surface area contributed by atoms with Crippen LogP contribution in [0.2, 0.25) is 0 Å². The maximum atomic E-state index is 10.8. The lowest BCUT2D eigenvalue weighted by molar-refractivity contribution is -0.522. The van der Waals surface area contributed by atoms with Gasteiger partial charge in [-0.1, -0.05) is 65.1 Å². The van der Waals surface area contributed by atoms with Gasteiger partial charge in [0.1, 0.15) is 0 Å². The molecule has 0 saturated carbocycles. The maximum Gasteiger partial charge on any atom is 0.221 e. The van der Waals surface area contributed by atoms with Gasteiger partial charge in [-0.15, -0.1) is 0 Å². The maximum absolute atomic E-state index is 10.8. The number of rotatable bonds is 4. The molecule has 0 saturated heterocycles. The van der Waals surface area contributed by atoms with Crippen molar-refractivity contribution in [2.75, 3.05) is 0 Å². The third-order valence-electron chi connectivity index (χ3n) is 2.08. The SMILES string of the molecule is O=[N+]([O-])C(Cc1ccccc1)CC(Cl)(Cl)Cl. The Bertz CT molecular complexity index is 351. The van der Waals surface area contributed by atoms with Crippen molar-refractivity contribution in [3.63, 3.8) is 0 Å². The third-order valence-corrected chi connectivity index (χ3v) is 2.54. The van der Waals surface area contributed by atoms with Crippen molar-refractivity contribution in [1.82, 2.24) is 0 Å². The van der Waals surface area contributed by atoms with E-state index in [1.807, 2.05) is 30.3 Å². The average Bonchev–Trinajstić information content (AvgIpc) is 2.16. The van der Waals surface area contributed by atoms with Crippen LogP contribution in [-0.4, -0.2) is 14.8 Å². The molecule has 0 aliphatic rings. The molecule has 0 fully saturated rings. The fraction of sp³-hybridized carbons (Fsp3) is 0.400. The summed E-state index contributed by atoms with van der Waals surface area (Å²) in [5, 5.41) is 10.8. The summed E-state index contributed by atoms with van der Waals surface area (Å²) in [5.74, 6) is 0. The van der Waals surface area contributed by atoms with Crippen molar-refractivity contribution < 1.29 is 4.92 Å². The summed E-state index contributed by atoms with van der Waals surface area (Å²) < 4.78 is -1.59. The number of alkyl halides is 3. The van der Waals surface area contributed by atoms with E-state index in [2.05, 4.69) is 0 Å². The Morgan fingerprint density at radius 1 is 1.25 bits per heavy atom. The van der Waals surface area contributed by atoms with Gasteiger partial charge in [-0.2, -0.15) is 0 Å². The third kappa shape index (κ3) is 5.01. The van der Waals surface area contributed by atoms with Crippen LogP contribution in [0, 0.1) is 10.1 Å². The van der Waals surface area contributed by atoms with Gasteiger partial charge in [0.05, 0.1) is 6.42 Å². The average molecular weight is 283 g/mol. The van der Waals surface area contributed by atoms with Crippen LogP contribution in [0.25, 0.3) is 0 Å². The van der Waals surface area contributed by atoms with Crippen molar-refractivity contribution in [2.24, 2.45) is 0 Å². The van der Waals surface area contributed by atoms with E-state index in [1.54, 1.807) is 0 Å². The van der Waals surface area contributed by atoms with Crippen molar-refractivity contribution in [3.8, 4) is 0 Å². The highest BCUT2D eigenvalue weighted by molar-refractivity contribution is 6.67. The number of nitro groups is 1. The summed E-state index contributed by atoms with van der Waals surface area (Å²) in [6.07, 6.45) is 0.168. The van der Waals surface area contributed by atoms with Gasteiger partial charge < -0.3 is 0 Å². The van der Waals surface area contributed by atoms with E-state index in [-0.39, 0.29) is 12.8 Å². The Morgan fingerprint density at radius 3 is 2.25 bits per heavy atom. The Labute approximate surface area is 108 Å².